The molecule has 80 valence electrons. The standard InChI is InChI=1S/C9H15NO4/c1-5(2)3-9(8(13)14)4-6(10-9)7(11)12/h5-6,10H,3-4H2,1-2H3,(H,11,12)(H,13,14)/t6-,9+/m1/s1. The predicted octanol–water partition coefficient (Wildman–Crippen LogP) is 0.302. The van der Waals surface area contributed by atoms with Gasteiger partial charge in [-0.3, -0.25) is 14.9 Å². The summed E-state index contributed by atoms with van der Waals surface area (Å²) in [5.74, 6) is -1.71. The van der Waals surface area contributed by atoms with Crippen molar-refractivity contribution in [1.82, 2.24) is 5.32 Å². The molecule has 0 aromatic carbocycles. The van der Waals surface area contributed by atoms with E-state index in [9.17, 15) is 9.59 Å². The average Bonchev–Trinajstić information content (AvgIpc) is 1.93. The second kappa shape index (κ2) is 3.57. The summed E-state index contributed by atoms with van der Waals surface area (Å²) in [7, 11) is 0. The van der Waals surface area contributed by atoms with E-state index in [2.05, 4.69) is 5.32 Å². The Morgan fingerprint density at radius 2 is 2.00 bits per heavy atom. The summed E-state index contributed by atoms with van der Waals surface area (Å²) in [6.07, 6.45) is 0.641. The van der Waals surface area contributed by atoms with Crippen LogP contribution in [0.1, 0.15) is 26.7 Å². The second-order valence-electron chi connectivity index (χ2n) is 4.22. The molecule has 1 saturated heterocycles. The van der Waals surface area contributed by atoms with E-state index in [0.29, 0.717) is 6.42 Å². The highest BCUT2D eigenvalue weighted by atomic mass is 16.4. The lowest BCUT2D eigenvalue weighted by atomic mass is 9.76. The van der Waals surface area contributed by atoms with Gasteiger partial charge in [0, 0.05) is 6.42 Å². The molecule has 14 heavy (non-hydrogen) atoms. The Morgan fingerprint density at radius 1 is 1.50 bits per heavy atom. The maximum absolute atomic E-state index is 11.0. The van der Waals surface area contributed by atoms with E-state index in [1.165, 1.54) is 0 Å². The fraction of sp³-hybridized carbons (Fsp3) is 0.778. The molecular formula is C9H15NO4. The summed E-state index contributed by atoms with van der Waals surface area (Å²) < 4.78 is 0. The molecule has 2 atom stereocenters. The number of carboxylic acids is 2. The van der Waals surface area contributed by atoms with Crippen molar-refractivity contribution >= 4 is 11.9 Å². The van der Waals surface area contributed by atoms with Crippen molar-refractivity contribution in [2.24, 2.45) is 5.92 Å². The quantitative estimate of drug-likeness (QED) is 0.609. The van der Waals surface area contributed by atoms with E-state index in [-0.39, 0.29) is 12.3 Å². The van der Waals surface area contributed by atoms with Crippen LogP contribution in [-0.2, 0) is 9.59 Å². The summed E-state index contributed by atoms with van der Waals surface area (Å²) in [4.78, 5) is 21.5. The zero-order valence-corrected chi connectivity index (χ0v) is 8.28. The Hall–Kier alpha value is -1.10. The van der Waals surface area contributed by atoms with Crippen LogP contribution >= 0.6 is 0 Å². The lowest BCUT2D eigenvalue weighted by molar-refractivity contribution is -0.157. The fourth-order valence-corrected chi connectivity index (χ4v) is 1.89. The van der Waals surface area contributed by atoms with E-state index in [4.69, 9.17) is 10.2 Å². The van der Waals surface area contributed by atoms with Gasteiger partial charge in [0.1, 0.15) is 11.6 Å². The van der Waals surface area contributed by atoms with Crippen LogP contribution in [0.3, 0.4) is 0 Å². The first-order valence-electron chi connectivity index (χ1n) is 4.61. The lowest BCUT2D eigenvalue weighted by Gasteiger charge is -2.44. The zero-order valence-electron chi connectivity index (χ0n) is 8.28. The highest BCUT2D eigenvalue weighted by Crippen LogP contribution is 2.31. The molecule has 1 aliphatic heterocycles. The predicted molar refractivity (Wildman–Crippen MR) is 49.0 cm³/mol. The number of aliphatic carboxylic acids is 2. The smallest absolute Gasteiger partial charge is 0.324 e. The molecule has 0 unspecified atom stereocenters. The van der Waals surface area contributed by atoms with Crippen LogP contribution in [-0.4, -0.2) is 33.7 Å². The first-order valence-corrected chi connectivity index (χ1v) is 4.61. The Bertz CT molecular complexity index is 256. The number of rotatable bonds is 4. The molecule has 1 fully saturated rings. The van der Waals surface area contributed by atoms with Crippen LogP contribution in [0.4, 0.5) is 0 Å². The Balaban J connectivity index is 2.62. The van der Waals surface area contributed by atoms with Crippen LogP contribution in [0, 0.1) is 5.92 Å². The minimum Gasteiger partial charge on any atom is -0.480 e. The van der Waals surface area contributed by atoms with Gasteiger partial charge in [-0.2, -0.15) is 0 Å². The van der Waals surface area contributed by atoms with Gasteiger partial charge in [0.05, 0.1) is 0 Å². The summed E-state index contributed by atoms with van der Waals surface area (Å²) in [5, 5.41) is 20.2. The molecule has 1 aliphatic rings. The first-order chi connectivity index (χ1) is 6.37. The Morgan fingerprint density at radius 3 is 2.29 bits per heavy atom. The fourth-order valence-electron chi connectivity index (χ4n) is 1.89. The van der Waals surface area contributed by atoms with Gasteiger partial charge < -0.3 is 10.2 Å². The van der Waals surface area contributed by atoms with Crippen molar-refractivity contribution < 1.29 is 19.8 Å². The first kappa shape index (κ1) is 11.0. The largest absolute Gasteiger partial charge is 0.480 e. The number of hydrogen-bond donors (Lipinski definition) is 3. The summed E-state index contributed by atoms with van der Waals surface area (Å²) in [6.45, 7) is 3.83. The van der Waals surface area contributed by atoms with Gasteiger partial charge in [-0.15, -0.1) is 0 Å². The highest BCUT2D eigenvalue weighted by molar-refractivity contribution is 5.86. The summed E-state index contributed by atoms with van der Waals surface area (Å²) >= 11 is 0. The van der Waals surface area contributed by atoms with Crippen molar-refractivity contribution in [3.05, 3.63) is 0 Å². The summed E-state index contributed by atoms with van der Waals surface area (Å²) in [5.41, 5.74) is -1.02. The number of carbonyl (C=O) groups is 2. The molecule has 0 bridgehead atoms. The molecule has 1 rings (SSSR count). The molecule has 0 aromatic rings. The SMILES string of the molecule is CC(C)C[C@@]1(C(=O)O)C[C@H](C(=O)O)N1. The lowest BCUT2D eigenvalue weighted by Crippen LogP contribution is -2.70. The van der Waals surface area contributed by atoms with Crippen LogP contribution < -0.4 is 5.32 Å². The van der Waals surface area contributed by atoms with Crippen LogP contribution in [0.15, 0.2) is 0 Å². The van der Waals surface area contributed by atoms with E-state index < -0.39 is 23.5 Å². The van der Waals surface area contributed by atoms with Gasteiger partial charge in [-0.05, 0) is 12.3 Å². The van der Waals surface area contributed by atoms with Gasteiger partial charge in [-0.25, -0.2) is 0 Å². The highest BCUT2D eigenvalue weighted by Gasteiger charge is 2.52. The van der Waals surface area contributed by atoms with Gasteiger partial charge >= 0.3 is 11.9 Å². The van der Waals surface area contributed by atoms with E-state index in [1.807, 2.05) is 13.8 Å². The molecule has 5 heteroatoms. The third-order valence-electron chi connectivity index (χ3n) is 2.47. The normalized spacial score (nSPS) is 31.2. The molecule has 0 spiro atoms. The number of carboxylic acid groups (broad SMARTS) is 2. The minimum atomic E-state index is -1.02. The van der Waals surface area contributed by atoms with Crippen LogP contribution in [0.25, 0.3) is 0 Å². The van der Waals surface area contributed by atoms with E-state index in [0.717, 1.165) is 0 Å². The molecule has 5 nitrogen and oxygen atoms in total. The van der Waals surface area contributed by atoms with Crippen LogP contribution in [0.2, 0.25) is 0 Å². The molecule has 0 aliphatic carbocycles. The molecule has 3 N–H and O–H groups in total. The molecule has 0 radical (unpaired) electrons. The second-order valence-corrected chi connectivity index (χ2v) is 4.22. The van der Waals surface area contributed by atoms with Crippen molar-refractivity contribution in [1.29, 1.82) is 0 Å². The van der Waals surface area contributed by atoms with E-state index in [1.54, 1.807) is 0 Å². The average molecular weight is 201 g/mol. The number of hydrogen-bond acceptors (Lipinski definition) is 3. The molecular weight excluding hydrogens is 186 g/mol. The van der Waals surface area contributed by atoms with Gasteiger partial charge in [0.15, 0.2) is 0 Å². The van der Waals surface area contributed by atoms with Crippen molar-refractivity contribution in [2.45, 2.75) is 38.3 Å². The van der Waals surface area contributed by atoms with Crippen molar-refractivity contribution in [3.8, 4) is 0 Å². The third-order valence-corrected chi connectivity index (χ3v) is 2.47. The molecule has 0 saturated carbocycles. The summed E-state index contributed by atoms with van der Waals surface area (Å²) in [6, 6.07) is -0.704. The maximum Gasteiger partial charge on any atom is 0.324 e. The molecule has 0 aromatic heterocycles. The zero-order chi connectivity index (χ0) is 10.9. The topological polar surface area (TPSA) is 86.6 Å². The van der Waals surface area contributed by atoms with Crippen LogP contribution in [0.5, 0.6) is 0 Å². The van der Waals surface area contributed by atoms with Crippen molar-refractivity contribution in [3.63, 3.8) is 0 Å². The van der Waals surface area contributed by atoms with Gasteiger partial charge in [-0.1, -0.05) is 13.8 Å². The van der Waals surface area contributed by atoms with Gasteiger partial charge in [0.25, 0.3) is 0 Å². The molecule has 1 heterocycles. The minimum absolute atomic E-state index is 0.176. The monoisotopic (exact) mass is 201 g/mol. The van der Waals surface area contributed by atoms with Gasteiger partial charge in [0.2, 0.25) is 0 Å². The third kappa shape index (κ3) is 1.87. The van der Waals surface area contributed by atoms with Crippen molar-refractivity contribution in [2.75, 3.05) is 0 Å². The van der Waals surface area contributed by atoms with E-state index >= 15 is 0 Å². The number of nitrogens with one attached hydrogen (secondary N) is 1. The Labute approximate surface area is 82.1 Å². The molecule has 0 amide bonds. The Kier molecular flexibility index (Phi) is 2.80. The maximum atomic E-state index is 11.0.